The van der Waals surface area contributed by atoms with E-state index >= 15 is 0 Å². The number of nitrogens with one attached hydrogen (secondary N) is 1. The molecular weight excluding hydrogens is 398 g/mol. The first-order valence-electron chi connectivity index (χ1n) is 8.20. The molecule has 0 fully saturated rings. The van der Waals surface area contributed by atoms with Crippen LogP contribution in [0.25, 0.3) is 11.3 Å². The minimum atomic E-state index is -1.04. The largest absolute Gasteiger partial charge is 0.478 e. The normalized spacial score (nSPS) is 11.6. The van der Waals surface area contributed by atoms with E-state index in [0.717, 1.165) is 0 Å². The number of halogens is 1. The van der Waals surface area contributed by atoms with Crippen molar-refractivity contribution in [3.63, 3.8) is 0 Å². The Labute approximate surface area is 168 Å². The number of fused-ring (bicyclic) bond motifs is 1. The summed E-state index contributed by atoms with van der Waals surface area (Å²) in [5.74, 6) is 4.89. The van der Waals surface area contributed by atoms with E-state index in [1.165, 1.54) is 12.1 Å². The standard InChI is InChI=1S/C18H12ClN7O3/c19-11-2-1-3-12(8-11)21-15-14(22-16-17(23-15)26-29-25-16)13(24-20)9-4-6-10(7-5-9)18(27)28/h1-8H,20H2,(H,27,28)(H,21,23,26)/b24-13+. The van der Waals surface area contributed by atoms with E-state index in [9.17, 15) is 4.79 Å². The summed E-state index contributed by atoms with van der Waals surface area (Å²) in [4.78, 5) is 19.9. The molecule has 0 aliphatic heterocycles. The Kier molecular flexibility index (Phi) is 4.75. The van der Waals surface area contributed by atoms with E-state index in [2.05, 4.69) is 30.7 Å². The molecule has 2 aromatic heterocycles. The number of aromatic nitrogens is 4. The summed E-state index contributed by atoms with van der Waals surface area (Å²) in [7, 11) is 0. The third-order valence-electron chi connectivity index (χ3n) is 3.96. The van der Waals surface area contributed by atoms with Crippen LogP contribution in [0.5, 0.6) is 0 Å². The SMILES string of the molecule is N/N=C(\c1ccc(C(=O)O)cc1)c1nc2nonc2nc1Nc1cccc(Cl)c1. The van der Waals surface area contributed by atoms with Crippen molar-refractivity contribution in [2.45, 2.75) is 0 Å². The van der Waals surface area contributed by atoms with E-state index < -0.39 is 5.97 Å². The monoisotopic (exact) mass is 409 g/mol. The Morgan fingerprint density at radius 2 is 1.76 bits per heavy atom. The molecule has 0 aliphatic rings. The van der Waals surface area contributed by atoms with Crippen molar-refractivity contribution < 1.29 is 14.5 Å². The molecule has 4 aromatic rings. The maximum atomic E-state index is 11.1. The Morgan fingerprint density at radius 1 is 1.07 bits per heavy atom. The molecular formula is C18H12ClN7O3. The van der Waals surface area contributed by atoms with Gasteiger partial charge >= 0.3 is 5.97 Å². The van der Waals surface area contributed by atoms with Crippen molar-refractivity contribution in [2.24, 2.45) is 10.9 Å². The highest BCUT2D eigenvalue weighted by Crippen LogP contribution is 2.24. The number of carboxylic acid groups (broad SMARTS) is 1. The van der Waals surface area contributed by atoms with Gasteiger partial charge < -0.3 is 16.3 Å². The smallest absolute Gasteiger partial charge is 0.335 e. The van der Waals surface area contributed by atoms with Crippen LogP contribution in [-0.4, -0.2) is 37.1 Å². The Balaban J connectivity index is 1.82. The lowest BCUT2D eigenvalue weighted by atomic mass is 10.0. The number of benzene rings is 2. The summed E-state index contributed by atoms with van der Waals surface area (Å²) in [5.41, 5.74) is 2.22. The zero-order chi connectivity index (χ0) is 20.4. The van der Waals surface area contributed by atoms with Gasteiger partial charge in [0.25, 0.3) is 0 Å². The molecule has 2 heterocycles. The lowest BCUT2D eigenvalue weighted by molar-refractivity contribution is 0.0697. The minimum Gasteiger partial charge on any atom is -0.478 e. The molecule has 0 radical (unpaired) electrons. The molecule has 0 unspecified atom stereocenters. The van der Waals surface area contributed by atoms with Gasteiger partial charge in [0.2, 0.25) is 11.3 Å². The first-order valence-corrected chi connectivity index (χ1v) is 8.58. The van der Waals surface area contributed by atoms with Crippen LogP contribution < -0.4 is 11.2 Å². The third kappa shape index (κ3) is 3.69. The number of anilines is 2. The summed E-state index contributed by atoms with van der Waals surface area (Å²) in [6, 6.07) is 13.0. The Morgan fingerprint density at radius 3 is 2.41 bits per heavy atom. The van der Waals surface area contributed by atoms with Crippen LogP contribution in [-0.2, 0) is 0 Å². The van der Waals surface area contributed by atoms with Crippen molar-refractivity contribution in [2.75, 3.05) is 5.32 Å². The van der Waals surface area contributed by atoms with Crippen molar-refractivity contribution in [1.82, 2.24) is 20.3 Å². The summed E-state index contributed by atoms with van der Waals surface area (Å²) < 4.78 is 4.70. The average Bonchev–Trinajstić information content (AvgIpc) is 3.16. The summed E-state index contributed by atoms with van der Waals surface area (Å²) in [6.07, 6.45) is 0. The molecule has 0 bridgehead atoms. The Hall–Kier alpha value is -4.05. The van der Waals surface area contributed by atoms with Crippen molar-refractivity contribution in [3.05, 3.63) is 70.4 Å². The minimum absolute atomic E-state index is 0.129. The predicted molar refractivity (Wildman–Crippen MR) is 105 cm³/mol. The second-order valence-electron chi connectivity index (χ2n) is 5.83. The second-order valence-corrected chi connectivity index (χ2v) is 6.26. The van der Waals surface area contributed by atoms with Gasteiger partial charge in [-0.25, -0.2) is 19.4 Å². The molecule has 11 heteroatoms. The topological polar surface area (TPSA) is 152 Å². The zero-order valence-corrected chi connectivity index (χ0v) is 15.3. The van der Waals surface area contributed by atoms with Crippen LogP contribution in [0.15, 0.2) is 58.3 Å². The lowest BCUT2D eigenvalue weighted by Crippen LogP contribution is -2.13. The van der Waals surface area contributed by atoms with Crippen molar-refractivity contribution >= 4 is 46.1 Å². The maximum absolute atomic E-state index is 11.1. The number of hydrogen-bond donors (Lipinski definition) is 3. The quantitative estimate of drug-likeness (QED) is 0.256. The fourth-order valence-corrected chi connectivity index (χ4v) is 2.83. The number of nitrogens with zero attached hydrogens (tertiary/aromatic N) is 5. The molecule has 144 valence electrons. The number of carboxylic acids is 1. The van der Waals surface area contributed by atoms with Crippen LogP contribution in [0, 0.1) is 0 Å². The molecule has 4 N–H and O–H groups in total. The summed E-state index contributed by atoms with van der Waals surface area (Å²) >= 11 is 6.05. The number of aromatic carboxylic acids is 1. The number of carbonyl (C=O) groups is 1. The molecule has 29 heavy (non-hydrogen) atoms. The molecule has 0 saturated carbocycles. The van der Waals surface area contributed by atoms with Crippen LogP contribution in [0.3, 0.4) is 0 Å². The summed E-state index contributed by atoms with van der Waals surface area (Å²) in [5, 5.41) is 24.0. The number of rotatable bonds is 5. The van der Waals surface area contributed by atoms with Crippen molar-refractivity contribution in [1.29, 1.82) is 0 Å². The van der Waals surface area contributed by atoms with Gasteiger partial charge in [-0.15, -0.1) is 0 Å². The molecule has 0 atom stereocenters. The Bertz CT molecular complexity index is 1240. The molecule has 2 aromatic carbocycles. The predicted octanol–water partition coefficient (Wildman–Crippen LogP) is 2.82. The zero-order valence-electron chi connectivity index (χ0n) is 14.6. The maximum Gasteiger partial charge on any atom is 0.335 e. The summed E-state index contributed by atoms with van der Waals surface area (Å²) in [6.45, 7) is 0. The van der Waals surface area contributed by atoms with E-state index in [1.807, 2.05) is 0 Å². The molecule has 0 aliphatic carbocycles. The van der Waals surface area contributed by atoms with Gasteiger partial charge in [-0.3, -0.25) is 0 Å². The van der Waals surface area contributed by atoms with Gasteiger partial charge in [-0.1, -0.05) is 29.8 Å². The van der Waals surface area contributed by atoms with E-state index in [-0.39, 0.29) is 28.3 Å². The highest BCUT2D eigenvalue weighted by Gasteiger charge is 2.20. The molecule has 10 nitrogen and oxygen atoms in total. The molecule has 4 rings (SSSR count). The van der Waals surface area contributed by atoms with Crippen LogP contribution >= 0.6 is 11.6 Å². The number of hydrazone groups is 1. The van der Waals surface area contributed by atoms with Crippen LogP contribution in [0.4, 0.5) is 11.5 Å². The first kappa shape index (κ1) is 18.3. The van der Waals surface area contributed by atoms with Gasteiger partial charge in [-0.2, -0.15) is 5.10 Å². The van der Waals surface area contributed by atoms with Crippen LogP contribution in [0.1, 0.15) is 21.6 Å². The van der Waals surface area contributed by atoms with Gasteiger partial charge in [0, 0.05) is 16.3 Å². The lowest BCUT2D eigenvalue weighted by Gasteiger charge is -2.12. The molecule has 0 spiro atoms. The first-order chi connectivity index (χ1) is 14.0. The fraction of sp³-hybridized carbons (Fsp3) is 0. The molecule has 0 saturated heterocycles. The highest BCUT2D eigenvalue weighted by molar-refractivity contribution is 6.30. The third-order valence-corrected chi connectivity index (χ3v) is 4.20. The van der Waals surface area contributed by atoms with Gasteiger partial charge in [0.1, 0.15) is 11.4 Å². The molecule has 0 amide bonds. The average molecular weight is 410 g/mol. The number of nitrogens with two attached hydrogens (primary N) is 1. The highest BCUT2D eigenvalue weighted by atomic mass is 35.5. The van der Waals surface area contributed by atoms with Gasteiger partial charge in [0.05, 0.1) is 5.56 Å². The van der Waals surface area contributed by atoms with E-state index in [1.54, 1.807) is 36.4 Å². The van der Waals surface area contributed by atoms with Crippen molar-refractivity contribution in [3.8, 4) is 0 Å². The second kappa shape index (κ2) is 7.52. The fourth-order valence-electron chi connectivity index (χ4n) is 2.64. The van der Waals surface area contributed by atoms with E-state index in [0.29, 0.717) is 22.1 Å². The van der Waals surface area contributed by atoms with E-state index in [4.69, 9.17) is 27.2 Å². The number of hydrogen-bond acceptors (Lipinski definition) is 9. The van der Waals surface area contributed by atoms with Gasteiger partial charge in [0.15, 0.2) is 5.82 Å². The van der Waals surface area contributed by atoms with Crippen LogP contribution in [0.2, 0.25) is 5.02 Å². The van der Waals surface area contributed by atoms with Gasteiger partial charge in [-0.05, 0) is 40.6 Å².